The van der Waals surface area contributed by atoms with E-state index in [0.717, 1.165) is 0 Å². The maximum Gasteiger partial charge on any atom is 0.303 e. The average Bonchev–Trinajstić information content (AvgIpc) is 1.63. The Balaban J connectivity index is 3.50. The van der Waals surface area contributed by atoms with Crippen LogP contribution in [0.15, 0.2) is 4.99 Å². The Labute approximate surface area is 54.4 Å². The van der Waals surface area contributed by atoms with E-state index in [1.165, 1.54) is 0 Å². The molecule has 0 saturated heterocycles. The minimum atomic E-state index is -0.776. The lowest BCUT2D eigenvalue weighted by atomic mass is 10.1. The molecule has 0 aliphatic carbocycles. The topological polar surface area (TPSA) is 49.7 Å². The number of carboxylic acids is 1. The van der Waals surface area contributed by atoms with Crippen molar-refractivity contribution >= 4 is 12.2 Å². The molecule has 52 valence electrons. The van der Waals surface area contributed by atoms with Crippen LogP contribution in [0.4, 0.5) is 0 Å². The van der Waals surface area contributed by atoms with Gasteiger partial charge in [-0.15, -0.1) is 0 Å². The third-order valence-electron chi connectivity index (χ3n) is 0.900. The van der Waals surface area contributed by atoms with Crippen molar-refractivity contribution in [2.24, 2.45) is 10.9 Å². The van der Waals surface area contributed by atoms with Crippen molar-refractivity contribution in [2.75, 3.05) is 7.05 Å². The summed E-state index contributed by atoms with van der Waals surface area (Å²) in [7, 11) is 1.64. The third-order valence-corrected chi connectivity index (χ3v) is 0.900. The quantitative estimate of drug-likeness (QED) is 0.573. The van der Waals surface area contributed by atoms with Gasteiger partial charge in [-0.25, -0.2) is 0 Å². The largest absolute Gasteiger partial charge is 0.481 e. The molecule has 0 radical (unpaired) electrons. The number of carboxylic acid groups (broad SMARTS) is 1. The highest BCUT2D eigenvalue weighted by Crippen LogP contribution is 1.96. The maximum absolute atomic E-state index is 10.0. The molecule has 1 N–H and O–H groups in total. The SMILES string of the molecule is CN=CC(C)CC(=O)O. The highest BCUT2D eigenvalue weighted by Gasteiger charge is 2.02. The molecule has 0 saturated carbocycles. The molecule has 3 nitrogen and oxygen atoms in total. The van der Waals surface area contributed by atoms with E-state index >= 15 is 0 Å². The van der Waals surface area contributed by atoms with Crippen molar-refractivity contribution in [3.63, 3.8) is 0 Å². The summed E-state index contributed by atoms with van der Waals surface area (Å²) in [6.45, 7) is 1.82. The fraction of sp³-hybridized carbons (Fsp3) is 0.667. The molecule has 0 amide bonds. The van der Waals surface area contributed by atoms with E-state index in [1.54, 1.807) is 13.3 Å². The Hall–Kier alpha value is -0.860. The van der Waals surface area contributed by atoms with Gasteiger partial charge in [-0.05, 0) is 0 Å². The van der Waals surface area contributed by atoms with Gasteiger partial charge in [0.15, 0.2) is 0 Å². The Kier molecular flexibility index (Phi) is 3.67. The lowest BCUT2D eigenvalue weighted by molar-refractivity contribution is -0.137. The fourth-order valence-electron chi connectivity index (χ4n) is 0.583. The number of aliphatic imine (C=N–C) groups is 1. The molecular formula is C6H11NO2. The monoisotopic (exact) mass is 129 g/mol. The van der Waals surface area contributed by atoms with Crippen LogP contribution < -0.4 is 0 Å². The second-order valence-electron chi connectivity index (χ2n) is 1.98. The molecule has 0 bridgehead atoms. The van der Waals surface area contributed by atoms with Crippen molar-refractivity contribution in [3.05, 3.63) is 0 Å². The van der Waals surface area contributed by atoms with Gasteiger partial charge >= 0.3 is 5.97 Å². The maximum atomic E-state index is 10.0. The van der Waals surface area contributed by atoms with Crippen LogP contribution in [0.3, 0.4) is 0 Å². The molecule has 0 aromatic heterocycles. The van der Waals surface area contributed by atoms with Crippen LogP contribution in [-0.2, 0) is 4.79 Å². The molecule has 0 fully saturated rings. The molecular weight excluding hydrogens is 118 g/mol. The Morgan fingerprint density at radius 2 is 2.44 bits per heavy atom. The van der Waals surface area contributed by atoms with E-state index in [0.29, 0.717) is 0 Å². The van der Waals surface area contributed by atoms with Crippen LogP contribution in [0.5, 0.6) is 0 Å². The molecule has 0 spiro atoms. The van der Waals surface area contributed by atoms with E-state index in [2.05, 4.69) is 4.99 Å². The van der Waals surface area contributed by atoms with Crippen LogP contribution in [0.25, 0.3) is 0 Å². The summed E-state index contributed by atoms with van der Waals surface area (Å²) in [5.74, 6) is -0.727. The fourth-order valence-corrected chi connectivity index (χ4v) is 0.583. The van der Waals surface area contributed by atoms with Crippen molar-refractivity contribution in [1.29, 1.82) is 0 Å². The summed E-state index contributed by atoms with van der Waals surface area (Å²) in [5, 5.41) is 8.25. The van der Waals surface area contributed by atoms with Crippen LogP contribution in [-0.4, -0.2) is 24.3 Å². The molecule has 0 aliphatic rings. The number of nitrogens with zero attached hydrogens (tertiary/aromatic N) is 1. The average molecular weight is 129 g/mol. The first-order chi connectivity index (χ1) is 4.16. The smallest absolute Gasteiger partial charge is 0.303 e. The number of rotatable bonds is 3. The molecule has 9 heavy (non-hydrogen) atoms. The molecule has 0 aromatic rings. The highest BCUT2D eigenvalue weighted by molar-refractivity contribution is 5.73. The van der Waals surface area contributed by atoms with E-state index in [1.807, 2.05) is 6.92 Å². The second kappa shape index (κ2) is 4.06. The van der Waals surface area contributed by atoms with Gasteiger partial charge in [-0.1, -0.05) is 6.92 Å². The van der Waals surface area contributed by atoms with Gasteiger partial charge in [-0.2, -0.15) is 0 Å². The van der Waals surface area contributed by atoms with Crippen LogP contribution in [0.1, 0.15) is 13.3 Å². The van der Waals surface area contributed by atoms with E-state index in [4.69, 9.17) is 5.11 Å². The van der Waals surface area contributed by atoms with Gasteiger partial charge in [-0.3, -0.25) is 4.79 Å². The van der Waals surface area contributed by atoms with Gasteiger partial charge in [0.05, 0.1) is 6.42 Å². The zero-order valence-electron chi connectivity index (χ0n) is 5.66. The van der Waals surface area contributed by atoms with E-state index in [9.17, 15) is 4.79 Å². The summed E-state index contributed by atoms with van der Waals surface area (Å²) in [6, 6.07) is 0. The summed E-state index contributed by atoms with van der Waals surface area (Å²) in [5.41, 5.74) is 0. The van der Waals surface area contributed by atoms with Crippen LogP contribution >= 0.6 is 0 Å². The summed E-state index contributed by atoms with van der Waals surface area (Å²) >= 11 is 0. The lowest BCUT2D eigenvalue weighted by Crippen LogP contribution is -2.04. The van der Waals surface area contributed by atoms with Crippen molar-refractivity contribution < 1.29 is 9.90 Å². The van der Waals surface area contributed by atoms with Gasteiger partial charge in [0.1, 0.15) is 0 Å². The molecule has 1 atom stereocenters. The van der Waals surface area contributed by atoms with Crippen LogP contribution in [0.2, 0.25) is 0 Å². The first-order valence-corrected chi connectivity index (χ1v) is 2.81. The number of aliphatic carboxylic acids is 1. The standard InChI is InChI=1S/C6H11NO2/c1-5(4-7-2)3-6(8)9/h4-5H,3H2,1-2H3,(H,8,9). The van der Waals surface area contributed by atoms with Gasteiger partial charge in [0, 0.05) is 19.2 Å². The first-order valence-electron chi connectivity index (χ1n) is 2.81. The summed E-state index contributed by atoms with van der Waals surface area (Å²) in [4.78, 5) is 13.7. The molecule has 3 heteroatoms. The first kappa shape index (κ1) is 8.14. The predicted octanol–water partition coefficient (Wildman–Crippen LogP) is 0.798. The number of hydrogen-bond acceptors (Lipinski definition) is 2. The zero-order chi connectivity index (χ0) is 7.28. The predicted molar refractivity (Wildman–Crippen MR) is 35.8 cm³/mol. The van der Waals surface area contributed by atoms with Gasteiger partial charge in [0.2, 0.25) is 0 Å². The molecule has 0 heterocycles. The molecule has 1 unspecified atom stereocenters. The van der Waals surface area contributed by atoms with E-state index in [-0.39, 0.29) is 12.3 Å². The van der Waals surface area contributed by atoms with Gasteiger partial charge in [0.25, 0.3) is 0 Å². The number of carbonyl (C=O) groups is 1. The van der Waals surface area contributed by atoms with Crippen molar-refractivity contribution in [2.45, 2.75) is 13.3 Å². The normalized spacial score (nSPS) is 14.0. The lowest BCUT2D eigenvalue weighted by Gasteiger charge is -1.97. The minimum Gasteiger partial charge on any atom is -0.481 e. The minimum absolute atomic E-state index is 0.0486. The highest BCUT2D eigenvalue weighted by atomic mass is 16.4. The third kappa shape index (κ3) is 5.00. The summed E-state index contributed by atoms with van der Waals surface area (Å²) in [6.07, 6.45) is 1.80. The molecule has 0 aliphatic heterocycles. The Morgan fingerprint density at radius 3 is 2.78 bits per heavy atom. The Morgan fingerprint density at radius 1 is 1.89 bits per heavy atom. The molecule has 0 rings (SSSR count). The number of hydrogen-bond donors (Lipinski definition) is 1. The Bertz CT molecular complexity index is 120. The van der Waals surface area contributed by atoms with Crippen molar-refractivity contribution in [1.82, 2.24) is 0 Å². The van der Waals surface area contributed by atoms with Crippen LogP contribution in [0, 0.1) is 5.92 Å². The molecule has 0 aromatic carbocycles. The summed E-state index contributed by atoms with van der Waals surface area (Å²) < 4.78 is 0. The van der Waals surface area contributed by atoms with Crippen molar-refractivity contribution in [3.8, 4) is 0 Å². The zero-order valence-corrected chi connectivity index (χ0v) is 5.66. The van der Waals surface area contributed by atoms with Gasteiger partial charge < -0.3 is 10.1 Å². The second-order valence-corrected chi connectivity index (χ2v) is 1.98. The van der Waals surface area contributed by atoms with E-state index < -0.39 is 5.97 Å².